The van der Waals surface area contributed by atoms with Gasteiger partial charge in [0.15, 0.2) is 5.71 Å². The van der Waals surface area contributed by atoms with Crippen molar-refractivity contribution in [2.45, 2.75) is 77.0 Å². The molecule has 0 fully saturated rings. The summed E-state index contributed by atoms with van der Waals surface area (Å²) in [4.78, 5) is 2.88. The molecule has 0 spiro atoms. The number of allylic oxidation sites excluding steroid dienone is 6. The van der Waals surface area contributed by atoms with Crippen molar-refractivity contribution in [3.63, 3.8) is 0 Å². The molecule has 0 saturated heterocycles. The Morgan fingerprint density at radius 1 is 0.878 bits per heavy atom. The first kappa shape index (κ1) is 38.5. The quantitative estimate of drug-likeness (QED) is 0.231. The van der Waals surface area contributed by atoms with Gasteiger partial charge in [-0.3, -0.25) is 0 Å². The van der Waals surface area contributed by atoms with Gasteiger partial charge in [-0.05, 0) is 60.9 Å². The van der Waals surface area contributed by atoms with Crippen LogP contribution in [0.1, 0.15) is 72.4 Å². The van der Waals surface area contributed by atoms with Crippen molar-refractivity contribution in [1.82, 2.24) is 4.31 Å². The Morgan fingerprint density at radius 3 is 2.16 bits per heavy atom. The fourth-order valence-corrected chi connectivity index (χ4v) is 8.62. The Labute approximate surface area is 293 Å². The predicted molar refractivity (Wildman–Crippen MR) is 186 cm³/mol. The average Bonchev–Trinajstić information content (AvgIpc) is 3.37. The first-order chi connectivity index (χ1) is 22.9. The van der Waals surface area contributed by atoms with Crippen molar-refractivity contribution in [2.75, 3.05) is 31.6 Å². The fourth-order valence-electron chi connectivity index (χ4n) is 7.14. The van der Waals surface area contributed by atoms with Gasteiger partial charge in [-0.1, -0.05) is 89.6 Å². The van der Waals surface area contributed by atoms with Gasteiger partial charge < -0.3 is 4.90 Å². The van der Waals surface area contributed by atoms with Crippen LogP contribution in [0, 0.1) is 10.2 Å². The van der Waals surface area contributed by atoms with E-state index in [-0.39, 0.29) is 10.8 Å². The summed E-state index contributed by atoms with van der Waals surface area (Å²) in [6.07, 6.45) is 13.1. The van der Waals surface area contributed by atoms with E-state index in [0.29, 0.717) is 18.0 Å². The molecule has 0 aliphatic carbocycles. The standard InChI is InChI=1S/C38H48N3O2S.ClHO4/c1-9-12-26-41-33-24-22-28-18-16-17-19-30(28)36(33)38(6,7)35(41)21-15-13-14-20-34-37(4,5)31-27-29(23-25-32(31)39(34)8)44(42,43)40(10-2)11-3;2-1(3,4)5/h13-25,27H,9-12,26H2,1-8H3;(H,2,3,4,5)/q+1;/p-1. The summed E-state index contributed by atoms with van der Waals surface area (Å²) in [5.41, 5.74) is 6.80. The SMILES string of the molecule is CCCCN1/C(=C/C=C/C=C/C2=[N+](C)c3ccc(S(=O)(=O)N(CC)CC)cc3C2(C)C)C(C)(C)c2c1ccc1ccccc21.[O-][Cl+3]([O-])([O-])[O-]. The molecule has 264 valence electrons. The van der Waals surface area contributed by atoms with Crippen LogP contribution < -0.4 is 23.5 Å². The number of sulfonamides is 1. The maximum Gasteiger partial charge on any atom is 0.243 e. The molecule has 3 aromatic rings. The van der Waals surface area contributed by atoms with Gasteiger partial charge in [-0.15, -0.1) is 10.2 Å². The summed E-state index contributed by atoms with van der Waals surface area (Å²) in [5, 5.41) is 2.62. The Hall–Kier alpha value is -3.35. The summed E-state index contributed by atoms with van der Waals surface area (Å²) in [7, 11) is -6.41. The van der Waals surface area contributed by atoms with E-state index in [4.69, 9.17) is 18.6 Å². The van der Waals surface area contributed by atoms with Gasteiger partial charge in [0.2, 0.25) is 15.7 Å². The molecule has 0 N–H and O–H groups in total. The zero-order valence-corrected chi connectivity index (χ0v) is 31.3. The lowest BCUT2D eigenvalue weighted by Gasteiger charge is -2.27. The third-order valence-electron chi connectivity index (χ3n) is 9.57. The Bertz CT molecular complexity index is 1910. The van der Waals surface area contributed by atoms with Crippen molar-refractivity contribution >= 4 is 37.9 Å². The maximum absolute atomic E-state index is 13.3. The van der Waals surface area contributed by atoms with Crippen LogP contribution in [0.3, 0.4) is 0 Å². The highest BCUT2D eigenvalue weighted by atomic mass is 35.7. The lowest BCUT2D eigenvalue weighted by molar-refractivity contribution is -2.00. The van der Waals surface area contributed by atoms with Gasteiger partial charge in [0.1, 0.15) is 7.05 Å². The van der Waals surface area contributed by atoms with Crippen molar-refractivity contribution < 1.29 is 41.9 Å². The van der Waals surface area contributed by atoms with E-state index in [1.807, 2.05) is 26.0 Å². The summed E-state index contributed by atoms with van der Waals surface area (Å²) in [6, 6.07) is 18.8. The number of benzene rings is 3. The van der Waals surface area contributed by atoms with Crippen molar-refractivity contribution in [1.29, 1.82) is 0 Å². The minimum atomic E-state index is -4.94. The Balaban J connectivity index is 0.00000101. The Morgan fingerprint density at radius 2 is 1.53 bits per heavy atom. The Kier molecular flexibility index (Phi) is 11.7. The van der Waals surface area contributed by atoms with E-state index in [1.165, 1.54) is 32.0 Å². The predicted octanol–water partition coefficient (Wildman–Crippen LogP) is 3.71. The van der Waals surface area contributed by atoms with E-state index in [1.54, 1.807) is 6.07 Å². The molecule has 0 aromatic heterocycles. The molecular formula is C38H48ClN3O6S. The maximum atomic E-state index is 13.3. The third kappa shape index (κ3) is 7.86. The molecule has 0 bridgehead atoms. The number of fused-ring (bicyclic) bond motifs is 4. The van der Waals surface area contributed by atoms with E-state index >= 15 is 0 Å². The van der Waals surface area contributed by atoms with E-state index in [0.717, 1.165) is 36.3 Å². The second-order valence-corrected chi connectivity index (χ2v) is 16.0. The van der Waals surface area contributed by atoms with Crippen LogP contribution in [-0.2, 0) is 20.9 Å². The van der Waals surface area contributed by atoms with Crippen LogP contribution in [0.4, 0.5) is 11.4 Å². The average molecular weight is 710 g/mol. The molecule has 5 rings (SSSR count). The summed E-state index contributed by atoms with van der Waals surface area (Å²) < 4.78 is 64.2. The molecule has 0 atom stereocenters. The zero-order valence-electron chi connectivity index (χ0n) is 29.7. The fraction of sp³-hybridized carbons (Fsp3) is 0.395. The monoisotopic (exact) mass is 709 g/mol. The minimum absolute atomic E-state index is 0.120. The lowest BCUT2D eigenvalue weighted by Crippen LogP contribution is -2.68. The molecular weight excluding hydrogens is 662 g/mol. The lowest BCUT2D eigenvalue weighted by atomic mass is 9.81. The number of hydrogen-bond acceptors (Lipinski definition) is 7. The highest BCUT2D eigenvalue weighted by molar-refractivity contribution is 7.89. The van der Waals surface area contributed by atoms with Crippen molar-refractivity contribution in [3.05, 3.63) is 102 Å². The molecule has 0 saturated carbocycles. The van der Waals surface area contributed by atoms with Crippen LogP contribution in [0.5, 0.6) is 0 Å². The molecule has 9 nitrogen and oxygen atoms in total. The smallest absolute Gasteiger partial charge is 0.243 e. The second kappa shape index (κ2) is 14.9. The third-order valence-corrected chi connectivity index (χ3v) is 11.6. The van der Waals surface area contributed by atoms with Gasteiger partial charge in [0.05, 0.1) is 10.3 Å². The molecule has 2 aliphatic rings. The summed E-state index contributed by atoms with van der Waals surface area (Å²) in [5.74, 6) is 0. The zero-order chi connectivity index (χ0) is 36.4. The molecule has 2 aliphatic heterocycles. The largest absolute Gasteiger partial charge is 0.344 e. The summed E-state index contributed by atoms with van der Waals surface area (Å²) >= 11 is 0. The van der Waals surface area contributed by atoms with Gasteiger partial charge in [-0.25, -0.2) is 27.1 Å². The van der Waals surface area contributed by atoms with Crippen LogP contribution >= 0.6 is 0 Å². The number of unbranched alkanes of at least 4 members (excludes halogenated alkanes) is 1. The van der Waals surface area contributed by atoms with Gasteiger partial charge in [0, 0.05) is 54.1 Å². The molecule has 0 amide bonds. The van der Waals surface area contributed by atoms with Crippen molar-refractivity contribution in [2.24, 2.45) is 0 Å². The molecule has 2 heterocycles. The topological polar surface area (TPSA) is 136 Å². The first-order valence-electron chi connectivity index (χ1n) is 16.6. The highest BCUT2D eigenvalue weighted by Crippen LogP contribution is 2.50. The van der Waals surface area contributed by atoms with Gasteiger partial charge in [0.25, 0.3) is 0 Å². The summed E-state index contributed by atoms with van der Waals surface area (Å²) in [6.45, 7) is 16.9. The van der Waals surface area contributed by atoms with Crippen molar-refractivity contribution in [3.8, 4) is 0 Å². The highest BCUT2D eigenvalue weighted by Gasteiger charge is 2.44. The molecule has 11 heteroatoms. The van der Waals surface area contributed by atoms with Crippen LogP contribution in [0.15, 0.2) is 95.6 Å². The number of nitrogens with zero attached hydrogens (tertiary/aromatic N) is 3. The van der Waals surface area contributed by atoms with Crippen LogP contribution in [0.2, 0.25) is 0 Å². The molecule has 0 radical (unpaired) electrons. The molecule has 49 heavy (non-hydrogen) atoms. The number of rotatable bonds is 10. The number of hydrogen-bond donors (Lipinski definition) is 0. The normalized spacial score (nSPS) is 17.8. The van der Waals surface area contributed by atoms with Gasteiger partial charge in [-0.2, -0.15) is 8.88 Å². The van der Waals surface area contributed by atoms with E-state index in [9.17, 15) is 8.42 Å². The van der Waals surface area contributed by atoms with E-state index in [2.05, 4.69) is 118 Å². The molecule has 3 aromatic carbocycles. The number of anilines is 1. The van der Waals surface area contributed by atoms with Crippen LogP contribution in [0.25, 0.3) is 10.8 Å². The number of halogens is 1. The first-order valence-corrected chi connectivity index (χ1v) is 19.3. The minimum Gasteiger partial charge on any atom is -0.344 e. The second-order valence-electron chi connectivity index (χ2n) is 13.3. The van der Waals surface area contributed by atoms with E-state index < -0.39 is 20.3 Å². The van der Waals surface area contributed by atoms with Gasteiger partial charge >= 0.3 is 0 Å². The van der Waals surface area contributed by atoms with Crippen LogP contribution in [-0.4, -0.2) is 49.7 Å². The molecule has 0 unspecified atom stereocenters.